The Balaban J connectivity index is 2.05. The molecule has 1 fully saturated rings. The van der Waals surface area contributed by atoms with Gasteiger partial charge in [0.2, 0.25) is 0 Å². The van der Waals surface area contributed by atoms with Gasteiger partial charge in [0.25, 0.3) is 0 Å². The van der Waals surface area contributed by atoms with Crippen LogP contribution in [0.15, 0.2) is 0 Å². The molecule has 1 nitrogen and oxygen atoms in total. The lowest BCUT2D eigenvalue weighted by Crippen LogP contribution is -2.27. The van der Waals surface area contributed by atoms with Crippen molar-refractivity contribution in [3.63, 3.8) is 0 Å². The second-order valence-corrected chi connectivity index (χ2v) is 4.86. The molecule has 1 aliphatic carbocycles. The van der Waals surface area contributed by atoms with Crippen LogP contribution in [0.5, 0.6) is 0 Å². The van der Waals surface area contributed by atoms with E-state index in [2.05, 4.69) is 19.2 Å². The fourth-order valence-corrected chi connectivity index (χ4v) is 2.57. The summed E-state index contributed by atoms with van der Waals surface area (Å²) < 4.78 is 0. The van der Waals surface area contributed by atoms with E-state index in [1.54, 1.807) is 0 Å². The predicted octanol–water partition coefficient (Wildman–Crippen LogP) is 3.59. The average molecular weight is 197 g/mol. The second-order valence-electron chi connectivity index (χ2n) is 4.86. The summed E-state index contributed by atoms with van der Waals surface area (Å²) in [5.41, 5.74) is 0. The molecular weight excluding hydrogens is 170 g/mol. The highest BCUT2D eigenvalue weighted by Gasteiger charge is 2.19. The normalized spacial score (nSPS) is 27.9. The Bertz CT molecular complexity index is 133. The maximum atomic E-state index is 3.60. The highest BCUT2D eigenvalue weighted by Crippen LogP contribution is 2.30. The van der Waals surface area contributed by atoms with Gasteiger partial charge in [-0.2, -0.15) is 0 Å². The molecule has 2 atom stereocenters. The van der Waals surface area contributed by atoms with Crippen LogP contribution in [0.25, 0.3) is 0 Å². The maximum absolute atomic E-state index is 3.60. The summed E-state index contributed by atoms with van der Waals surface area (Å²) in [6, 6.07) is 0. The predicted molar refractivity (Wildman–Crippen MR) is 63.5 cm³/mol. The van der Waals surface area contributed by atoms with Crippen LogP contribution < -0.4 is 5.32 Å². The molecule has 1 heteroatoms. The van der Waals surface area contributed by atoms with Gasteiger partial charge in [-0.25, -0.2) is 0 Å². The summed E-state index contributed by atoms with van der Waals surface area (Å²) in [4.78, 5) is 0. The lowest BCUT2D eigenvalue weighted by Gasteiger charge is -2.28. The van der Waals surface area contributed by atoms with Gasteiger partial charge in [-0.3, -0.25) is 0 Å². The molecule has 0 bridgehead atoms. The molecule has 0 amide bonds. The highest BCUT2D eigenvalue weighted by molar-refractivity contribution is 4.73. The third kappa shape index (κ3) is 4.45. The van der Waals surface area contributed by atoms with Gasteiger partial charge < -0.3 is 5.32 Å². The molecule has 1 aliphatic rings. The van der Waals surface area contributed by atoms with Gasteiger partial charge in [0.15, 0.2) is 0 Å². The molecular formula is C13H27N. The monoisotopic (exact) mass is 197 g/mol. The first-order valence-corrected chi connectivity index (χ1v) is 6.57. The Labute approximate surface area is 89.7 Å². The van der Waals surface area contributed by atoms with Crippen LogP contribution in [0.1, 0.15) is 58.8 Å². The number of hydrogen-bond donors (Lipinski definition) is 1. The van der Waals surface area contributed by atoms with E-state index in [4.69, 9.17) is 0 Å². The Hall–Kier alpha value is -0.0400. The van der Waals surface area contributed by atoms with Crippen molar-refractivity contribution in [1.82, 2.24) is 5.32 Å². The van der Waals surface area contributed by atoms with E-state index in [1.807, 2.05) is 0 Å². The number of unbranched alkanes of at least 4 members (excludes halogenated alkanes) is 1. The fourth-order valence-electron chi connectivity index (χ4n) is 2.57. The summed E-state index contributed by atoms with van der Waals surface area (Å²) in [5.74, 6) is 2.01. The number of rotatable bonds is 6. The first kappa shape index (κ1) is 12.0. The van der Waals surface area contributed by atoms with E-state index in [0.29, 0.717) is 0 Å². The van der Waals surface area contributed by atoms with Crippen molar-refractivity contribution in [3.8, 4) is 0 Å². The van der Waals surface area contributed by atoms with E-state index in [1.165, 1.54) is 58.0 Å². The fraction of sp³-hybridized carbons (Fsp3) is 1.00. The largest absolute Gasteiger partial charge is 0.316 e. The van der Waals surface area contributed by atoms with Crippen LogP contribution in [0.4, 0.5) is 0 Å². The van der Waals surface area contributed by atoms with Gasteiger partial charge >= 0.3 is 0 Å². The molecule has 0 aromatic carbocycles. The summed E-state index contributed by atoms with van der Waals surface area (Å²) >= 11 is 0. The van der Waals surface area contributed by atoms with Gasteiger partial charge in [-0.05, 0) is 44.2 Å². The lowest BCUT2D eigenvalue weighted by atomic mass is 9.80. The average Bonchev–Trinajstić information content (AvgIpc) is 2.25. The third-order valence-corrected chi connectivity index (χ3v) is 3.61. The zero-order valence-corrected chi connectivity index (χ0v) is 10.0. The van der Waals surface area contributed by atoms with Crippen molar-refractivity contribution in [2.24, 2.45) is 11.8 Å². The van der Waals surface area contributed by atoms with Gasteiger partial charge in [-0.15, -0.1) is 0 Å². The van der Waals surface area contributed by atoms with E-state index in [0.717, 1.165) is 11.8 Å². The molecule has 0 aliphatic heterocycles. The van der Waals surface area contributed by atoms with Crippen molar-refractivity contribution in [3.05, 3.63) is 0 Å². The van der Waals surface area contributed by atoms with Crippen molar-refractivity contribution in [2.75, 3.05) is 13.1 Å². The van der Waals surface area contributed by atoms with Crippen LogP contribution >= 0.6 is 0 Å². The molecule has 0 saturated heterocycles. The smallest absolute Gasteiger partial charge is 0.00204 e. The standard InChI is InChI=1S/C13H27N/c1-3-5-9-14-11-13-8-6-7-12(4-2)10-13/h12-14H,3-11H2,1-2H3. The molecule has 0 spiro atoms. The molecule has 0 aromatic rings. The Morgan fingerprint density at radius 2 is 1.93 bits per heavy atom. The molecule has 0 aromatic heterocycles. The molecule has 2 unspecified atom stereocenters. The van der Waals surface area contributed by atoms with E-state index < -0.39 is 0 Å². The Morgan fingerprint density at radius 1 is 1.14 bits per heavy atom. The van der Waals surface area contributed by atoms with Crippen LogP contribution in [-0.4, -0.2) is 13.1 Å². The molecule has 1 saturated carbocycles. The first-order valence-electron chi connectivity index (χ1n) is 6.57. The molecule has 0 heterocycles. The van der Waals surface area contributed by atoms with E-state index >= 15 is 0 Å². The molecule has 1 N–H and O–H groups in total. The summed E-state index contributed by atoms with van der Waals surface area (Å²) in [6.45, 7) is 7.10. The van der Waals surface area contributed by atoms with Crippen molar-refractivity contribution >= 4 is 0 Å². The Kier molecular flexibility index (Phi) is 6.25. The summed E-state index contributed by atoms with van der Waals surface area (Å²) in [5, 5.41) is 3.60. The quantitative estimate of drug-likeness (QED) is 0.642. The van der Waals surface area contributed by atoms with Gasteiger partial charge in [0.05, 0.1) is 0 Å². The van der Waals surface area contributed by atoms with Gasteiger partial charge in [0.1, 0.15) is 0 Å². The van der Waals surface area contributed by atoms with Gasteiger partial charge in [0, 0.05) is 0 Å². The minimum absolute atomic E-state index is 0.977. The molecule has 0 radical (unpaired) electrons. The number of nitrogens with one attached hydrogen (secondary N) is 1. The minimum atomic E-state index is 0.977. The van der Waals surface area contributed by atoms with Crippen LogP contribution in [0.2, 0.25) is 0 Å². The third-order valence-electron chi connectivity index (χ3n) is 3.61. The SMILES string of the molecule is CCCCNCC1CCCC(CC)C1. The molecule has 14 heavy (non-hydrogen) atoms. The van der Waals surface area contributed by atoms with Crippen LogP contribution in [0.3, 0.4) is 0 Å². The zero-order chi connectivity index (χ0) is 10.2. The number of hydrogen-bond acceptors (Lipinski definition) is 1. The highest BCUT2D eigenvalue weighted by atomic mass is 14.9. The zero-order valence-electron chi connectivity index (χ0n) is 10.0. The molecule has 84 valence electrons. The van der Waals surface area contributed by atoms with Gasteiger partial charge in [-0.1, -0.05) is 39.5 Å². The maximum Gasteiger partial charge on any atom is -0.00204 e. The van der Waals surface area contributed by atoms with Crippen molar-refractivity contribution in [1.29, 1.82) is 0 Å². The first-order chi connectivity index (χ1) is 6.86. The van der Waals surface area contributed by atoms with Crippen LogP contribution in [0, 0.1) is 11.8 Å². The minimum Gasteiger partial charge on any atom is -0.316 e. The topological polar surface area (TPSA) is 12.0 Å². The summed E-state index contributed by atoms with van der Waals surface area (Å²) in [6.07, 6.45) is 9.95. The van der Waals surface area contributed by atoms with Crippen molar-refractivity contribution in [2.45, 2.75) is 58.8 Å². The second kappa shape index (κ2) is 7.28. The van der Waals surface area contributed by atoms with Crippen LogP contribution in [-0.2, 0) is 0 Å². The lowest BCUT2D eigenvalue weighted by molar-refractivity contribution is 0.254. The molecule has 1 rings (SSSR count). The van der Waals surface area contributed by atoms with E-state index in [9.17, 15) is 0 Å². The Morgan fingerprint density at radius 3 is 2.64 bits per heavy atom. The summed E-state index contributed by atoms with van der Waals surface area (Å²) in [7, 11) is 0. The van der Waals surface area contributed by atoms with E-state index in [-0.39, 0.29) is 0 Å². The van der Waals surface area contributed by atoms with Crippen molar-refractivity contribution < 1.29 is 0 Å².